The number of ether oxygens (including phenoxy) is 1. The van der Waals surface area contributed by atoms with Gasteiger partial charge in [0.25, 0.3) is 0 Å². The molecule has 1 aromatic rings. The Morgan fingerprint density at radius 2 is 2.09 bits per heavy atom. The van der Waals surface area contributed by atoms with Gasteiger partial charge in [-0.1, -0.05) is 39.0 Å². The number of nitrogens with zero attached hydrogens (tertiary/aromatic N) is 1. The van der Waals surface area contributed by atoms with E-state index in [2.05, 4.69) is 32.2 Å². The molecule has 0 radical (unpaired) electrons. The average molecular weight is 306 g/mol. The average Bonchev–Trinajstić information content (AvgIpc) is 2.44. The number of aliphatic hydroxyl groups excluding tert-OH is 1. The number of aliphatic hydroxyl groups is 1. The monoisotopic (exact) mass is 306 g/mol. The van der Waals surface area contributed by atoms with Crippen molar-refractivity contribution in [2.24, 2.45) is 0 Å². The number of carbonyl (C=O) groups excluding carboxylic acids is 1. The minimum Gasteiger partial charge on any atom is -0.491 e. The summed E-state index contributed by atoms with van der Waals surface area (Å²) in [6.45, 7) is 8.83. The van der Waals surface area contributed by atoms with Gasteiger partial charge in [-0.25, -0.2) is 0 Å². The predicted octanol–water partition coefficient (Wildman–Crippen LogP) is 1.16. The van der Waals surface area contributed by atoms with Crippen molar-refractivity contribution in [3.8, 4) is 5.75 Å². The van der Waals surface area contributed by atoms with E-state index >= 15 is 0 Å². The lowest BCUT2D eigenvalue weighted by Crippen LogP contribution is -2.50. The van der Waals surface area contributed by atoms with E-state index in [9.17, 15) is 9.90 Å². The Morgan fingerprint density at radius 3 is 2.77 bits per heavy atom. The molecule has 1 aliphatic heterocycles. The molecule has 122 valence electrons. The Morgan fingerprint density at radius 1 is 1.36 bits per heavy atom. The summed E-state index contributed by atoms with van der Waals surface area (Å²) in [5.74, 6) is 0.822. The van der Waals surface area contributed by atoms with Crippen LogP contribution in [-0.2, 0) is 10.2 Å². The number of hydrogen-bond donors (Lipinski definition) is 2. The van der Waals surface area contributed by atoms with Gasteiger partial charge in [-0.2, -0.15) is 0 Å². The van der Waals surface area contributed by atoms with Gasteiger partial charge in [0, 0.05) is 19.6 Å². The standard InChI is InChI=1S/C17H26N2O3/c1-17(2,3)14-6-4-5-7-15(14)22-12-13(20)10-19-9-8-18-16(21)11-19/h4-7,13,20H,8-12H2,1-3H3,(H,18,21)/t13-/m1/s1. The van der Waals surface area contributed by atoms with Crippen molar-refractivity contribution in [2.45, 2.75) is 32.3 Å². The lowest BCUT2D eigenvalue weighted by atomic mass is 9.86. The first kappa shape index (κ1) is 16.8. The molecular formula is C17H26N2O3. The fourth-order valence-corrected chi connectivity index (χ4v) is 2.60. The van der Waals surface area contributed by atoms with Crippen LogP contribution in [0.2, 0.25) is 0 Å². The van der Waals surface area contributed by atoms with E-state index in [0.29, 0.717) is 19.6 Å². The molecule has 2 N–H and O–H groups in total. The second-order valence-corrected chi connectivity index (χ2v) is 6.80. The number of hydrogen-bond acceptors (Lipinski definition) is 4. The number of nitrogens with one attached hydrogen (secondary N) is 1. The van der Waals surface area contributed by atoms with Crippen molar-refractivity contribution in [2.75, 3.05) is 32.8 Å². The summed E-state index contributed by atoms with van der Waals surface area (Å²) in [5.41, 5.74) is 1.12. The fraction of sp³-hybridized carbons (Fsp3) is 0.588. The third-order valence-electron chi connectivity index (χ3n) is 3.71. The van der Waals surface area contributed by atoms with Crippen LogP contribution in [0.5, 0.6) is 5.75 Å². The Labute approximate surface area is 132 Å². The molecule has 0 aliphatic carbocycles. The van der Waals surface area contributed by atoms with Crippen LogP contribution in [0.25, 0.3) is 0 Å². The summed E-state index contributed by atoms with van der Waals surface area (Å²) >= 11 is 0. The lowest BCUT2D eigenvalue weighted by Gasteiger charge is -2.28. The van der Waals surface area contributed by atoms with E-state index in [4.69, 9.17) is 4.74 Å². The Hall–Kier alpha value is -1.59. The maximum atomic E-state index is 11.3. The van der Waals surface area contributed by atoms with Crippen LogP contribution in [0.4, 0.5) is 0 Å². The first-order valence-corrected chi connectivity index (χ1v) is 7.75. The molecule has 5 nitrogen and oxygen atoms in total. The van der Waals surface area contributed by atoms with Gasteiger partial charge in [-0.3, -0.25) is 9.69 Å². The first-order valence-electron chi connectivity index (χ1n) is 7.75. The van der Waals surface area contributed by atoms with Crippen LogP contribution < -0.4 is 10.1 Å². The molecule has 1 amide bonds. The summed E-state index contributed by atoms with van der Waals surface area (Å²) in [5, 5.41) is 12.9. The van der Waals surface area contributed by atoms with Gasteiger partial charge in [0.2, 0.25) is 5.91 Å². The van der Waals surface area contributed by atoms with Crippen LogP contribution in [0.3, 0.4) is 0 Å². The van der Waals surface area contributed by atoms with Gasteiger partial charge in [-0.15, -0.1) is 0 Å². The Bertz CT molecular complexity index is 511. The summed E-state index contributed by atoms with van der Waals surface area (Å²) in [6.07, 6.45) is -0.612. The SMILES string of the molecule is CC(C)(C)c1ccccc1OC[C@H](O)CN1CCNC(=O)C1. The van der Waals surface area contributed by atoms with Gasteiger partial charge in [0.1, 0.15) is 18.5 Å². The summed E-state index contributed by atoms with van der Waals surface area (Å²) < 4.78 is 5.82. The molecule has 0 bridgehead atoms. The molecule has 1 fully saturated rings. The highest BCUT2D eigenvalue weighted by Gasteiger charge is 2.21. The quantitative estimate of drug-likeness (QED) is 0.857. The summed E-state index contributed by atoms with van der Waals surface area (Å²) in [7, 11) is 0. The maximum absolute atomic E-state index is 11.3. The molecule has 0 aromatic heterocycles. The number of benzene rings is 1. The molecule has 2 rings (SSSR count). The molecule has 0 spiro atoms. The molecular weight excluding hydrogens is 280 g/mol. The fourth-order valence-electron chi connectivity index (χ4n) is 2.60. The van der Waals surface area contributed by atoms with Crippen LogP contribution in [0.15, 0.2) is 24.3 Å². The molecule has 0 saturated carbocycles. The van der Waals surface area contributed by atoms with E-state index in [1.54, 1.807) is 0 Å². The van der Waals surface area contributed by atoms with Crippen LogP contribution in [0.1, 0.15) is 26.3 Å². The molecule has 1 heterocycles. The Balaban J connectivity index is 1.89. The number of para-hydroxylation sites is 1. The van der Waals surface area contributed by atoms with Gasteiger partial charge < -0.3 is 15.2 Å². The zero-order chi connectivity index (χ0) is 16.2. The van der Waals surface area contributed by atoms with Gasteiger partial charge in [0.15, 0.2) is 0 Å². The van der Waals surface area contributed by atoms with Gasteiger partial charge in [0.05, 0.1) is 6.54 Å². The summed E-state index contributed by atoms with van der Waals surface area (Å²) in [4.78, 5) is 13.3. The molecule has 1 atom stereocenters. The minimum absolute atomic E-state index is 0.00744. The Kier molecular flexibility index (Phi) is 5.42. The normalized spacial score (nSPS) is 17.9. The van der Waals surface area contributed by atoms with Crippen LogP contribution in [0, 0.1) is 0 Å². The number of amides is 1. The molecule has 1 aromatic carbocycles. The second-order valence-electron chi connectivity index (χ2n) is 6.80. The van der Waals surface area contributed by atoms with Crippen molar-refractivity contribution >= 4 is 5.91 Å². The van der Waals surface area contributed by atoms with E-state index in [-0.39, 0.29) is 17.9 Å². The molecule has 5 heteroatoms. The number of piperazine rings is 1. The number of β-amino-alcohol motifs (C(OH)–C–C–N with tert-alkyl or cyclic N) is 1. The minimum atomic E-state index is -0.612. The van der Waals surface area contributed by atoms with Crippen LogP contribution >= 0.6 is 0 Å². The van der Waals surface area contributed by atoms with E-state index in [1.807, 2.05) is 23.1 Å². The molecule has 1 saturated heterocycles. The second kappa shape index (κ2) is 7.11. The third-order valence-corrected chi connectivity index (χ3v) is 3.71. The zero-order valence-corrected chi connectivity index (χ0v) is 13.6. The molecule has 0 unspecified atom stereocenters. The number of carbonyl (C=O) groups is 1. The van der Waals surface area contributed by atoms with E-state index < -0.39 is 6.10 Å². The highest BCUT2D eigenvalue weighted by Crippen LogP contribution is 2.30. The topological polar surface area (TPSA) is 61.8 Å². The van der Waals surface area contributed by atoms with E-state index in [0.717, 1.165) is 17.9 Å². The van der Waals surface area contributed by atoms with Crippen molar-refractivity contribution in [1.82, 2.24) is 10.2 Å². The summed E-state index contributed by atoms with van der Waals surface area (Å²) in [6, 6.07) is 7.92. The molecule has 22 heavy (non-hydrogen) atoms. The van der Waals surface area contributed by atoms with Gasteiger partial charge in [-0.05, 0) is 17.0 Å². The number of rotatable bonds is 5. The van der Waals surface area contributed by atoms with Crippen molar-refractivity contribution in [3.05, 3.63) is 29.8 Å². The van der Waals surface area contributed by atoms with E-state index in [1.165, 1.54) is 0 Å². The van der Waals surface area contributed by atoms with Crippen molar-refractivity contribution in [1.29, 1.82) is 0 Å². The zero-order valence-electron chi connectivity index (χ0n) is 13.6. The van der Waals surface area contributed by atoms with Crippen LogP contribution in [-0.4, -0.2) is 54.8 Å². The highest BCUT2D eigenvalue weighted by atomic mass is 16.5. The maximum Gasteiger partial charge on any atom is 0.234 e. The first-order chi connectivity index (χ1) is 10.4. The third kappa shape index (κ3) is 4.71. The predicted molar refractivity (Wildman–Crippen MR) is 86.1 cm³/mol. The van der Waals surface area contributed by atoms with Crippen molar-refractivity contribution in [3.63, 3.8) is 0 Å². The molecule has 1 aliphatic rings. The van der Waals surface area contributed by atoms with Gasteiger partial charge >= 0.3 is 0 Å². The largest absolute Gasteiger partial charge is 0.491 e. The smallest absolute Gasteiger partial charge is 0.234 e. The van der Waals surface area contributed by atoms with Crippen molar-refractivity contribution < 1.29 is 14.6 Å². The highest BCUT2D eigenvalue weighted by molar-refractivity contribution is 5.78. The lowest BCUT2D eigenvalue weighted by molar-refractivity contribution is -0.124.